The molecule has 0 unspecified atom stereocenters. The number of Topliss-reactive ketones (excluding diaryl/α,β-unsaturated/α-hetero) is 1. The molecule has 1 fully saturated rings. The van der Waals surface area contributed by atoms with E-state index in [0.717, 1.165) is 0 Å². The first kappa shape index (κ1) is 20.9. The second kappa shape index (κ2) is 8.52. The van der Waals surface area contributed by atoms with Crippen molar-refractivity contribution >= 4 is 17.7 Å². The van der Waals surface area contributed by atoms with Crippen molar-refractivity contribution in [1.82, 2.24) is 0 Å². The maximum atomic E-state index is 12.7. The summed E-state index contributed by atoms with van der Waals surface area (Å²) in [4.78, 5) is 38.0. The number of rotatable bonds is 6. The summed E-state index contributed by atoms with van der Waals surface area (Å²) in [6.45, 7) is 4.96. The summed E-state index contributed by atoms with van der Waals surface area (Å²) in [5.41, 5.74) is -1.09. The number of hydrogen-bond donors (Lipinski definition) is 1. The van der Waals surface area contributed by atoms with Gasteiger partial charge in [-0.05, 0) is 38.5 Å². The molecular weight excluding hydrogens is 352 g/mol. The molecule has 2 rings (SSSR count). The summed E-state index contributed by atoms with van der Waals surface area (Å²) < 4.78 is 15.4. The molecule has 148 valence electrons. The van der Waals surface area contributed by atoms with Gasteiger partial charge in [0.05, 0.1) is 31.8 Å². The number of carbonyl (C=O) groups excluding carboxylic acids is 3. The van der Waals surface area contributed by atoms with E-state index in [4.69, 9.17) is 14.2 Å². The Bertz CT molecular complexity index is 693. The number of ketones is 1. The van der Waals surface area contributed by atoms with Crippen LogP contribution in [0.3, 0.4) is 0 Å². The van der Waals surface area contributed by atoms with Gasteiger partial charge in [-0.3, -0.25) is 14.4 Å². The summed E-state index contributed by atoms with van der Waals surface area (Å²) in [6, 6.07) is 6.70. The predicted molar refractivity (Wildman–Crippen MR) is 96.2 cm³/mol. The molecule has 1 aromatic rings. The van der Waals surface area contributed by atoms with Gasteiger partial charge >= 0.3 is 11.9 Å². The lowest BCUT2D eigenvalue weighted by Gasteiger charge is -2.43. The van der Waals surface area contributed by atoms with Gasteiger partial charge in [-0.25, -0.2) is 0 Å². The van der Waals surface area contributed by atoms with Crippen LogP contribution in [0.1, 0.15) is 38.7 Å². The van der Waals surface area contributed by atoms with Crippen molar-refractivity contribution in [2.75, 3.05) is 20.3 Å². The quantitative estimate of drug-likeness (QED) is 0.596. The Morgan fingerprint density at radius 2 is 1.67 bits per heavy atom. The second-order valence-electron chi connectivity index (χ2n) is 6.76. The Morgan fingerprint density at radius 3 is 2.19 bits per heavy atom. The highest BCUT2D eigenvalue weighted by Crippen LogP contribution is 2.46. The number of ether oxygens (including phenoxy) is 3. The lowest BCUT2D eigenvalue weighted by atomic mass is 9.61. The maximum Gasteiger partial charge on any atom is 0.317 e. The second-order valence-corrected chi connectivity index (χ2v) is 6.76. The Hall–Kier alpha value is -2.41. The highest BCUT2D eigenvalue weighted by molar-refractivity contribution is 6.02. The van der Waals surface area contributed by atoms with Gasteiger partial charge in [0.25, 0.3) is 0 Å². The van der Waals surface area contributed by atoms with E-state index in [1.165, 1.54) is 14.0 Å². The molecule has 0 bridgehead atoms. The van der Waals surface area contributed by atoms with Gasteiger partial charge in [-0.15, -0.1) is 0 Å². The molecule has 0 aliphatic heterocycles. The fourth-order valence-electron chi connectivity index (χ4n) is 3.71. The SMILES string of the molecule is CCOC(=O)[C@H]1C(=O)C[C@@](C)(O)[C@@H](C(=O)OCC)[C@@H]1c1ccc(OC)cc1. The van der Waals surface area contributed by atoms with Crippen LogP contribution in [0.4, 0.5) is 0 Å². The number of methoxy groups -OCH3 is 1. The van der Waals surface area contributed by atoms with Crippen molar-refractivity contribution in [3.8, 4) is 5.75 Å². The fraction of sp³-hybridized carbons (Fsp3) is 0.550. The summed E-state index contributed by atoms with van der Waals surface area (Å²) in [6.07, 6.45) is -0.327. The van der Waals surface area contributed by atoms with Crippen LogP contribution in [0.2, 0.25) is 0 Å². The topological polar surface area (TPSA) is 99.1 Å². The van der Waals surface area contributed by atoms with E-state index in [1.807, 2.05) is 0 Å². The lowest BCUT2D eigenvalue weighted by Crippen LogP contribution is -2.55. The van der Waals surface area contributed by atoms with Crippen molar-refractivity contribution in [3.05, 3.63) is 29.8 Å². The Morgan fingerprint density at radius 1 is 1.11 bits per heavy atom. The van der Waals surface area contributed by atoms with E-state index in [0.29, 0.717) is 11.3 Å². The van der Waals surface area contributed by atoms with E-state index < -0.39 is 41.1 Å². The van der Waals surface area contributed by atoms with E-state index in [2.05, 4.69) is 0 Å². The standard InChI is InChI=1S/C20H26O7/c1-5-26-18(22)16-14(21)11-20(3,24)17(19(23)27-6-2)15(16)12-7-9-13(25-4)10-8-12/h7-10,15-17,24H,5-6,11H2,1-4H3/t15-,16+,17-,20-/m1/s1. The van der Waals surface area contributed by atoms with E-state index in [9.17, 15) is 19.5 Å². The van der Waals surface area contributed by atoms with Gasteiger partial charge in [0.1, 0.15) is 11.7 Å². The molecule has 7 nitrogen and oxygen atoms in total. The first-order valence-electron chi connectivity index (χ1n) is 8.99. The third kappa shape index (κ3) is 4.30. The summed E-state index contributed by atoms with van der Waals surface area (Å²) in [7, 11) is 1.52. The van der Waals surface area contributed by atoms with Gasteiger partial charge in [-0.2, -0.15) is 0 Å². The molecule has 0 radical (unpaired) electrons. The van der Waals surface area contributed by atoms with Gasteiger partial charge in [-0.1, -0.05) is 12.1 Å². The molecule has 27 heavy (non-hydrogen) atoms. The van der Waals surface area contributed by atoms with Crippen LogP contribution in [0.15, 0.2) is 24.3 Å². The average molecular weight is 378 g/mol. The van der Waals surface area contributed by atoms with Crippen molar-refractivity contribution in [1.29, 1.82) is 0 Å². The number of hydrogen-bond acceptors (Lipinski definition) is 7. The average Bonchev–Trinajstić information content (AvgIpc) is 2.60. The van der Waals surface area contributed by atoms with Crippen LogP contribution in [-0.2, 0) is 23.9 Å². The molecule has 7 heteroatoms. The molecule has 0 heterocycles. The van der Waals surface area contributed by atoms with Crippen LogP contribution < -0.4 is 4.74 Å². The molecule has 1 N–H and O–H groups in total. The third-order valence-electron chi connectivity index (χ3n) is 4.85. The van der Waals surface area contributed by atoms with Gasteiger partial charge in [0, 0.05) is 12.3 Å². The van der Waals surface area contributed by atoms with Crippen molar-refractivity contribution < 1.29 is 33.7 Å². The van der Waals surface area contributed by atoms with Crippen molar-refractivity contribution in [3.63, 3.8) is 0 Å². The number of esters is 2. The minimum atomic E-state index is -1.64. The Kier molecular flexibility index (Phi) is 6.59. The first-order chi connectivity index (χ1) is 12.8. The normalized spacial score (nSPS) is 27.7. The molecule has 1 saturated carbocycles. The highest BCUT2D eigenvalue weighted by Gasteiger charge is 2.57. The van der Waals surface area contributed by atoms with Crippen LogP contribution in [0.25, 0.3) is 0 Å². The molecule has 0 spiro atoms. The van der Waals surface area contributed by atoms with Crippen molar-refractivity contribution in [2.24, 2.45) is 11.8 Å². The molecule has 1 aromatic carbocycles. The lowest BCUT2D eigenvalue weighted by molar-refractivity contribution is -0.172. The number of carbonyl (C=O) groups is 3. The van der Waals surface area contributed by atoms with E-state index >= 15 is 0 Å². The molecule has 0 saturated heterocycles. The summed E-state index contributed by atoms with van der Waals surface area (Å²) in [5.74, 6) is -4.39. The zero-order valence-corrected chi connectivity index (χ0v) is 16.1. The molecule has 0 aromatic heterocycles. The van der Waals surface area contributed by atoms with Gasteiger partial charge in [0.2, 0.25) is 0 Å². The smallest absolute Gasteiger partial charge is 0.317 e. The molecular formula is C20H26O7. The maximum absolute atomic E-state index is 12.7. The molecule has 1 aliphatic carbocycles. The zero-order valence-electron chi connectivity index (χ0n) is 16.1. The fourth-order valence-corrected chi connectivity index (χ4v) is 3.71. The Labute approximate surface area is 158 Å². The van der Waals surface area contributed by atoms with Crippen LogP contribution in [0, 0.1) is 11.8 Å². The van der Waals surface area contributed by atoms with Crippen LogP contribution >= 0.6 is 0 Å². The van der Waals surface area contributed by atoms with E-state index in [1.54, 1.807) is 38.1 Å². The van der Waals surface area contributed by atoms with Gasteiger partial charge in [0.15, 0.2) is 5.78 Å². The first-order valence-corrected chi connectivity index (χ1v) is 8.99. The summed E-state index contributed by atoms with van der Waals surface area (Å²) >= 11 is 0. The predicted octanol–water partition coefficient (Wildman–Crippen LogP) is 1.86. The highest BCUT2D eigenvalue weighted by atomic mass is 16.5. The van der Waals surface area contributed by atoms with Crippen LogP contribution in [0.5, 0.6) is 5.75 Å². The Balaban J connectivity index is 2.59. The largest absolute Gasteiger partial charge is 0.497 e. The molecule has 1 aliphatic rings. The van der Waals surface area contributed by atoms with Crippen molar-refractivity contribution in [2.45, 2.75) is 38.7 Å². The van der Waals surface area contributed by atoms with E-state index in [-0.39, 0.29) is 19.6 Å². The molecule has 0 amide bonds. The minimum absolute atomic E-state index is 0.110. The number of benzene rings is 1. The number of aliphatic hydroxyl groups is 1. The minimum Gasteiger partial charge on any atom is -0.497 e. The van der Waals surface area contributed by atoms with Gasteiger partial charge < -0.3 is 19.3 Å². The molecule has 4 atom stereocenters. The van der Waals surface area contributed by atoms with Crippen LogP contribution in [-0.4, -0.2) is 48.8 Å². The third-order valence-corrected chi connectivity index (χ3v) is 4.85. The summed E-state index contributed by atoms with van der Waals surface area (Å²) in [5, 5.41) is 10.9. The zero-order chi connectivity index (χ0) is 20.2. The monoisotopic (exact) mass is 378 g/mol.